The Labute approximate surface area is 161 Å². The largest absolute Gasteiger partial charge is 0.323 e. The molecule has 0 radical (unpaired) electrons. The number of hydrogen-bond donors (Lipinski definition) is 2. The van der Waals surface area contributed by atoms with Gasteiger partial charge in [0.1, 0.15) is 11.9 Å². The molecular weight excluding hydrogens is 452 g/mol. The summed E-state index contributed by atoms with van der Waals surface area (Å²) in [4.78, 5) is 0. The normalized spacial score (nSPS) is 21.6. The lowest BCUT2D eigenvalue weighted by Gasteiger charge is -2.26. The number of rotatable bonds is 12. The Kier molecular flexibility index (Phi) is 14.9. The van der Waals surface area contributed by atoms with Gasteiger partial charge in [-0.05, 0) is 14.1 Å². The third kappa shape index (κ3) is 11.2. The summed E-state index contributed by atoms with van der Waals surface area (Å²) in [6, 6.07) is 0. The summed E-state index contributed by atoms with van der Waals surface area (Å²) in [5.41, 5.74) is 0. The fraction of sp³-hybridized carbons (Fsp3) is 1.00. The summed E-state index contributed by atoms with van der Waals surface area (Å²) in [5, 5.41) is 2.75. The van der Waals surface area contributed by atoms with Crippen LogP contribution in [0.25, 0.3) is 0 Å². The number of alkyl halides is 10. The first-order valence-corrected chi connectivity index (χ1v) is 9.63. The number of hydrogen-bond acceptors (Lipinski definition) is 3. The maximum atomic E-state index is 13.4. The molecule has 0 amide bonds. The van der Waals surface area contributed by atoms with E-state index < -0.39 is 84.5 Å². The fourth-order valence-corrected chi connectivity index (χ4v) is 2.42. The lowest BCUT2D eigenvalue weighted by molar-refractivity contribution is -0.0536. The molecular formula is C14H23F10NO3S. The zero-order chi connectivity index (χ0) is 23.5. The molecule has 0 aliphatic rings. The van der Waals surface area contributed by atoms with E-state index in [-0.39, 0.29) is 0 Å². The summed E-state index contributed by atoms with van der Waals surface area (Å²) in [6.07, 6.45) is -33.9. The van der Waals surface area contributed by atoms with Gasteiger partial charge in [0.05, 0.1) is 6.67 Å². The second kappa shape index (κ2) is 14.2. The highest BCUT2D eigenvalue weighted by Crippen LogP contribution is 2.29. The molecule has 4 nitrogen and oxygen atoms in total. The first-order valence-electron chi connectivity index (χ1n) is 8.02. The van der Waals surface area contributed by atoms with Crippen LogP contribution < -0.4 is 5.32 Å². The van der Waals surface area contributed by atoms with Crippen molar-refractivity contribution in [1.82, 2.24) is 5.32 Å². The van der Waals surface area contributed by atoms with E-state index in [1.165, 1.54) is 0 Å². The van der Waals surface area contributed by atoms with Gasteiger partial charge >= 0.3 is 0 Å². The highest BCUT2D eigenvalue weighted by Gasteiger charge is 2.48. The molecule has 9 unspecified atom stereocenters. The van der Waals surface area contributed by atoms with Gasteiger partial charge in [-0.25, -0.2) is 39.5 Å². The van der Waals surface area contributed by atoms with Gasteiger partial charge in [0.2, 0.25) is 0 Å². The van der Waals surface area contributed by atoms with Crippen LogP contribution in [0.1, 0.15) is 6.42 Å². The van der Waals surface area contributed by atoms with Crippen LogP contribution >= 0.6 is 0 Å². The van der Waals surface area contributed by atoms with Gasteiger partial charge in [0.25, 0.3) is 10.1 Å². The molecule has 178 valence electrons. The van der Waals surface area contributed by atoms with Gasteiger partial charge in [-0.15, -0.1) is 0 Å². The van der Waals surface area contributed by atoms with Crippen molar-refractivity contribution < 1.29 is 56.9 Å². The third-order valence-corrected chi connectivity index (χ3v) is 4.01. The fourth-order valence-electron chi connectivity index (χ4n) is 1.83. The zero-order valence-corrected chi connectivity index (χ0v) is 16.1. The molecule has 0 fully saturated rings. The van der Waals surface area contributed by atoms with Crippen LogP contribution in [0, 0.1) is 0 Å². The molecule has 0 spiro atoms. The minimum atomic E-state index is -5.16. The Balaban J connectivity index is 0. The van der Waals surface area contributed by atoms with E-state index >= 15 is 0 Å². The van der Waals surface area contributed by atoms with Crippen molar-refractivity contribution in [1.29, 1.82) is 0 Å². The number of halogens is 10. The van der Waals surface area contributed by atoms with E-state index in [1.807, 2.05) is 14.1 Å². The van der Waals surface area contributed by atoms with Crippen LogP contribution in [0.2, 0.25) is 0 Å². The molecule has 0 saturated heterocycles. The second-order valence-electron chi connectivity index (χ2n) is 5.87. The molecule has 0 aromatic heterocycles. The molecule has 0 rings (SSSR count). The van der Waals surface area contributed by atoms with E-state index in [0.717, 1.165) is 0 Å². The predicted molar refractivity (Wildman–Crippen MR) is 86.1 cm³/mol. The molecule has 15 heteroatoms. The Hall–Kier alpha value is -0.830. The lowest BCUT2D eigenvalue weighted by Crippen LogP contribution is -2.48. The van der Waals surface area contributed by atoms with E-state index in [1.54, 1.807) is 0 Å². The van der Waals surface area contributed by atoms with E-state index in [9.17, 15) is 52.3 Å². The smallest absolute Gasteiger partial charge is 0.267 e. The van der Waals surface area contributed by atoms with Crippen molar-refractivity contribution in [3.63, 3.8) is 0 Å². The van der Waals surface area contributed by atoms with Gasteiger partial charge in [-0.1, -0.05) is 0 Å². The molecule has 29 heavy (non-hydrogen) atoms. The van der Waals surface area contributed by atoms with Crippen molar-refractivity contribution in [3.8, 4) is 0 Å². The molecule has 2 N–H and O–H groups in total. The minimum Gasteiger partial charge on any atom is -0.323 e. The summed E-state index contributed by atoms with van der Waals surface area (Å²) in [5.74, 6) is -2.03. The summed E-state index contributed by atoms with van der Waals surface area (Å²) >= 11 is 0. The van der Waals surface area contributed by atoms with E-state index in [2.05, 4.69) is 5.32 Å². The molecule has 9 atom stereocenters. The van der Waals surface area contributed by atoms with Crippen molar-refractivity contribution in [2.24, 2.45) is 0 Å². The van der Waals surface area contributed by atoms with Crippen molar-refractivity contribution >= 4 is 10.1 Å². The Bertz CT molecular complexity index is 532. The molecule has 0 aromatic carbocycles. The van der Waals surface area contributed by atoms with Crippen LogP contribution in [0.15, 0.2) is 0 Å². The monoisotopic (exact) mass is 475 g/mol. The SMILES string of the molecule is CNC.O=S(=O)(O)CC(F)C(F)C(F)C(F)C(F)C(F)C(F)C(F)C(F)CCF. The Morgan fingerprint density at radius 1 is 0.690 bits per heavy atom. The maximum absolute atomic E-state index is 13.4. The summed E-state index contributed by atoms with van der Waals surface area (Å²) in [7, 11) is -1.41. The van der Waals surface area contributed by atoms with Crippen LogP contribution in [-0.2, 0) is 10.1 Å². The van der Waals surface area contributed by atoms with Crippen molar-refractivity contribution in [3.05, 3.63) is 0 Å². The average Bonchev–Trinajstić information content (AvgIpc) is 2.63. The van der Waals surface area contributed by atoms with E-state index in [4.69, 9.17) is 4.55 Å². The molecule has 0 heterocycles. The van der Waals surface area contributed by atoms with Gasteiger partial charge in [0.15, 0.2) is 49.4 Å². The lowest BCUT2D eigenvalue weighted by atomic mass is 9.96. The molecule has 0 aliphatic carbocycles. The highest BCUT2D eigenvalue weighted by atomic mass is 32.2. The highest BCUT2D eigenvalue weighted by molar-refractivity contribution is 7.85. The Morgan fingerprint density at radius 3 is 1.24 bits per heavy atom. The topological polar surface area (TPSA) is 66.4 Å². The predicted octanol–water partition coefficient (Wildman–Crippen LogP) is 3.11. The molecule has 0 bridgehead atoms. The van der Waals surface area contributed by atoms with Gasteiger partial charge in [-0.2, -0.15) is 8.42 Å². The first kappa shape index (κ1) is 30.4. The third-order valence-electron chi connectivity index (χ3n) is 3.27. The second-order valence-corrected chi connectivity index (χ2v) is 7.37. The quantitative estimate of drug-likeness (QED) is 0.336. The summed E-state index contributed by atoms with van der Waals surface area (Å²) in [6.45, 7) is -1.47. The number of nitrogens with one attached hydrogen (secondary N) is 1. The molecule has 0 aliphatic heterocycles. The summed E-state index contributed by atoms with van der Waals surface area (Å²) < 4.78 is 160. The van der Waals surface area contributed by atoms with Crippen molar-refractivity contribution in [2.75, 3.05) is 26.5 Å². The molecule has 0 saturated carbocycles. The Morgan fingerprint density at radius 2 is 0.966 bits per heavy atom. The molecule has 0 aromatic rings. The maximum Gasteiger partial charge on any atom is 0.267 e. The van der Waals surface area contributed by atoms with Crippen LogP contribution in [0.4, 0.5) is 43.9 Å². The van der Waals surface area contributed by atoms with E-state index in [0.29, 0.717) is 0 Å². The van der Waals surface area contributed by atoms with Crippen LogP contribution in [0.5, 0.6) is 0 Å². The van der Waals surface area contributed by atoms with Gasteiger partial charge < -0.3 is 5.32 Å². The van der Waals surface area contributed by atoms with Crippen LogP contribution in [-0.4, -0.2) is 95.0 Å². The van der Waals surface area contributed by atoms with Crippen molar-refractivity contribution in [2.45, 2.75) is 62.0 Å². The van der Waals surface area contributed by atoms with Gasteiger partial charge in [0, 0.05) is 6.42 Å². The van der Waals surface area contributed by atoms with Crippen LogP contribution in [0.3, 0.4) is 0 Å². The minimum absolute atomic E-state index is 1.22. The first-order chi connectivity index (χ1) is 13.2. The zero-order valence-electron chi connectivity index (χ0n) is 15.3. The standard InChI is InChI=1S/C12H16F10O3S.C2H7N/c13-2-1-4(14)6(16)8(18)10(20)12(22)11(21)9(19)7(17)5(15)3-26(23,24)25;1-3-2/h4-12H,1-3H2,(H,23,24,25);3H,1-2H3. The average molecular weight is 475 g/mol. The van der Waals surface area contributed by atoms with Gasteiger partial charge in [-0.3, -0.25) is 8.94 Å².